The second-order valence-electron chi connectivity index (χ2n) is 8.03. The van der Waals surface area contributed by atoms with Gasteiger partial charge in [-0.3, -0.25) is 4.79 Å². The Morgan fingerprint density at radius 1 is 1.10 bits per heavy atom. The molecule has 2 saturated heterocycles. The third-order valence-corrected chi connectivity index (χ3v) is 6.13. The van der Waals surface area contributed by atoms with E-state index in [-0.39, 0.29) is 47.6 Å². The van der Waals surface area contributed by atoms with Crippen molar-refractivity contribution >= 4 is 11.9 Å². The van der Waals surface area contributed by atoms with E-state index in [0.29, 0.717) is 12.8 Å². The van der Waals surface area contributed by atoms with Crippen molar-refractivity contribution in [3.05, 3.63) is 71.0 Å². The molecule has 30 heavy (non-hydrogen) atoms. The Kier molecular flexibility index (Phi) is 5.80. The monoisotopic (exact) mass is 406 g/mol. The van der Waals surface area contributed by atoms with Crippen molar-refractivity contribution in [2.75, 3.05) is 0 Å². The molecule has 0 aromatic heterocycles. The number of ketones is 1. The lowest BCUT2D eigenvalue weighted by Gasteiger charge is -2.47. The molecule has 2 bridgehead atoms. The van der Waals surface area contributed by atoms with Crippen LogP contribution in [0.4, 0.5) is 9.18 Å². The van der Waals surface area contributed by atoms with E-state index >= 15 is 0 Å². The van der Waals surface area contributed by atoms with Gasteiger partial charge >= 0.3 is 6.09 Å². The van der Waals surface area contributed by atoms with E-state index in [1.54, 1.807) is 4.90 Å². The molecule has 2 aliphatic rings. The molecule has 2 atom stereocenters. The van der Waals surface area contributed by atoms with Gasteiger partial charge in [0.05, 0.1) is 17.2 Å². The summed E-state index contributed by atoms with van der Waals surface area (Å²) in [7, 11) is 0. The first-order valence-electron chi connectivity index (χ1n) is 10.3. The fourth-order valence-corrected chi connectivity index (χ4v) is 4.69. The highest BCUT2D eigenvalue weighted by atomic mass is 19.1. The fourth-order valence-electron chi connectivity index (χ4n) is 4.69. The van der Waals surface area contributed by atoms with Crippen molar-refractivity contribution in [2.24, 2.45) is 5.92 Å². The van der Waals surface area contributed by atoms with Crippen LogP contribution in [0.25, 0.3) is 0 Å². The third-order valence-electron chi connectivity index (χ3n) is 6.13. The summed E-state index contributed by atoms with van der Waals surface area (Å²) in [6.45, 7) is 0.217. The summed E-state index contributed by atoms with van der Waals surface area (Å²) in [6.07, 6.45) is 3.31. The van der Waals surface area contributed by atoms with E-state index in [2.05, 4.69) is 0 Å². The minimum Gasteiger partial charge on any atom is -0.445 e. The van der Waals surface area contributed by atoms with E-state index in [1.807, 2.05) is 36.4 Å². The number of ether oxygens (including phenoxy) is 1. The van der Waals surface area contributed by atoms with Gasteiger partial charge in [0.15, 0.2) is 5.78 Å². The molecule has 0 aliphatic carbocycles. The molecule has 2 fully saturated rings. The van der Waals surface area contributed by atoms with Crippen LogP contribution in [0.5, 0.6) is 0 Å². The topological polar surface area (TPSA) is 70.4 Å². The van der Waals surface area contributed by atoms with Crippen molar-refractivity contribution in [1.82, 2.24) is 4.90 Å². The molecule has 0 spiro atoms. The zero-order valence-corrected chi connectivity index (χ0v) is 16.6. The van der Waals surface area contributed by atoms with Crippen LogP contribution in [0, 0.1) is 23.1 Å². The molecule has 0 radical (unpaired) electrons. The molecule has 2 aromatic carbocycles. The highest BCUT2D eigenvalue weighted by Crippen LogP contribution is 2.39. The molecule has 2 heterocycles. The van der Waals surface area contributed by atoms with Gasteiger partial charge in [0.25, 0.3) is 0 Å². The largest absolute Gasteiger partial charge is 0.445 e. The van der Waals surface area contributed by atoms with Gasteiger partial charge in [0, 0.05) is 18.0 Å². The Morgan fingerprint density at radius 2 is 1.80 bits per heavy atom. The van der Waals surface area contributed by atoms with Crippen molar-refractivity contribution in [1.29, 1.82) is 5.26 Å². The van der Waals surface area contributed by atoms with Gasteiger partial charge in [-0.1, -0.05) is 30.3 Å². The molecule has 1 amide bonds. The van der Waals surface area contributed by atoms with Crippen molar-refractivity contribution in [2.45, 2.75) is 50.8 Å². The number of halogens is 1. The van der Waals surface area contributed by atoms with E-state index in [9.17, 15) is 14.0 Å². The van der Waals surface area contributed by atoms with Crippen LogP contribution in [0.1, 0.15) is 53.6 Å². The number of benzene rings is 2. The summed E-state index contributed by atoms with van der Waals surface area (Å²) < 4.78 is 19.9. The van der Waals surface area contributed by atoms with Gasteiger partial charge in [-0.2, -0.15) is 5.26 Å². The van der Waals surface area contributed by atoms with Gasteiger partial charge in [-0.05, 0) is 55.9 Å². The SMILES string of the molecule is N#Cc1ccc(C(=O)C2CC3CCCC(C2)N3C(=O)OCc2ccccc2)c(F)c1. The number of hydrogen-bond acceptors (Lipinski definition) is 4. The van der Waals surface area contributed by atoms with Crippen molar-refractivity contribution in [3.8, 4) is 6.07 Å². The number of hydrogen-bond donors (Lipinski definition) is 0. The average molecular weight is 406 g/mol. The number of amides is 1. The Morgan fingerprint density at radius 3 is 2.43 bits per heavy atom. The summed E-state index contributed by atoms with van der Waals surface area (Å²) in [5, 5.41) is 8.90. The number of nitrogens with zero attached hydrogens (tertiary/aromatic N) is 2. The van der Waals surface area contributed by atoms with E-state index in [4.69, 9.17) is 10.00 Å². The number of rotatable bonds is 4. The normalized spacial score (nSPS) is 22.8. The zero-order chi connectivity index (χ0) is 21.1. The molecular formula is C24H23FN2O3. The summed E-state index contributed by atoms with van der Waals surface area (Å²) >= 11 is 0. The Labute approximate surface area is 175 Å². The standard InChI is InChI=1S/C24H23FN2O3/c25-22-11-17(14-26)9-10-21(22)23(28)18-12-19-7-4-8-20(13-18)27(19)24(29)30-15-16-5-2-1-3-6-16/h1-3,5-6,9-11,18-20H,4,7-8,12-13,15H2. The van der Waals surface area contributed by atoms with Crippen LogP contribution in [0.2, 0.25) is 0 Å². The van der Waals surface area contributed by atoms with Crippen molar-refractivity contribution < 1.29 is 18.7 Å². The Balaban J connectivity index is 1.45. The van der Waals surface area contributed by atoms with Gasteiger partial charge in [0.2, 0.25) is 0 Å². The number of Topliss-reactive ketones (excluding diaryl/α,β-unsaturated/α-hetero) is 1. The highest BCUT2D eigenvalue weighted by molar-refractivity contribution is 5.98. The molecule has 2 aromatic rings. The Hall–Kier alpha value is -3.20. The first-order valence-corrected chi connectivity index (χ1v) is 10.3. The molecule has 6 heteroatoms. The maximum atomic E-state index is 14.3. The Bertz CT molecular complexity index is 972. The zero-order valence-electron chi connectivity index (χ0n) is 16.6. The average Bonchev–Trinajstić information content (AvgIpc) is 2.76. The van der Waals surface area contributed by atoms with E-state index in [0.717, 1.165) is 30.9 Å². The van der Waals surface area contributed by atoms with Crippen LogP contribution in [-0.2, 0) is 11.3 Å². The van der Waals surface area contributed by atoms with Crippen molar-refractivity contribution in [3.63, 3.8) is 0 Å². The second-order valence-corrected chi connectivity index (χ2v) is 8.03. The summed E-state index contributed by atoms with van der Waals surface area (Å²) in [4.78, 5) is 27.6. The lowest BCUT2D eigenvalue weighted by Crippen LogP contribution is -2.55. The number of fused-ring (bicyclic) bond motifs is 2. The number of piperidine rings is 2. The quantitative estimate of drug-likeness (QED) is 0.681. The molecule has 5 nitrogen and oxygen atoms in total. The van der Waals surface area contributed by atoms with Crippen LogP contribution in [0.3, 0.4) is 0 Å². The maximum absolute atomic E-state index is 14.3. The lowest BCUT2D eigenvalue weighted by molar-refractivity contribution is 0.00464. The molecule has 0 N–H and O–H groups in total. The highest BCUT2D eigenvalue weighted by Gasteiger charge is 2.44. The van der Waals surface area contributed by atoms with Gasteiger partial charge in [0.1, 0.15) is 12.4 Å². The minimum absolute atomic E-state index is 0.0252. The van der Waals surface area contributed by atoms with Crippen LogP contribution in [-0.4, -0.2) is 28.9 Å². The second kappa shape index (κ2) is 8.66. The van der Waals surface area contributed by atoms with E-state index < -0.39 is 5.82 Å². The minimum atomic E-state index is -0.658. The molecule has 154 valence electrons. The van der Waals surface area contributed by atoms with Gasteiger partial charge in [-0.25, -0.2) is 9.18 Å². The fraction of sp³-hybridized carbons (Fsp3) is 0.375. The summed E-state index contributed by atoms with van der Waals surface area (Å²) in [5.41, 5.74) is 1.14. The van der Waals surface area contributed by atoms with E-state index in [1.165, 1.54) is 12.1 Å². The lowest BCUT2D eigenvalue weighted by atomic mass is 9.75. The predicted octanol–water partition coefficient (Wildman–Crippen LogP) is 4.85. The molecule has 4 rings (SSSR count). The molecule has 2 aliphatic heterocycles. The molecule has 0 saturated carbocycles. The first-order chi connectivity index (χ1) is 14.6. The van der Waals surface area contributed by atoms with Crippen LogP contribution < -0.4 is 0 Å². The van der Waals surface area contributed by atoms with Gasteiger partial charge < -0.3 is 9.64 Å². The predicted molar refractivity (Wildman–Crippen MR) is 108 cm³/mol. The number of carbonyl (C=O) groups is 2. The molecule has 2 unspecified atom stereocenters. The third kappa shape index (κ3) is 4.06. The first kappa shape index (κ1) is 20.1. The smallest absolute Gasteiger partial charge is 0.410 e. The van der Waals surface area contributed by atoms with Crippen LogP contribution >= 0.6 is 0 Å². The number of nitriles is 1. The maximum Gasteiger partial charge on any atom is 0.410 e. The summed E-state index contributed by atoms with van der Waals surface area (Å²) in [6, 6.07) is 15.2. The van der Waals surface area contributed by atoms with Crippen LogP contribution in [0.15, 0.2) is 48.5 Å². The molecular weight excluding hydrogens is 383 g/mol. The van der Waals surface area contributed by atoms with Gasteiger partial charge in [-0.15, -0.1) is 0 Å². The summed E-state index contributed by atoms with van der Waals surface area (Å²) in [5.74, 6) is -1.24. The number of carbonyl (C=O) groups excluding carboxylic acids is 2.